The van der Waals surface area contributed by atoms with E-state index in [1.165, 1.54) is 0 Å². The molecule has 0 radical (unpaired) electrons. The monoisotopic (exact) mass is 297 g/mol. The Labute approximate surface area is 127 Å². The van der Waals surface area contributed by atoms with E-state index in [0.717, 1.165) is 11.4 Å². The molecule has 4 nitrogen and oxygen atoms in total. The molecule has 3 aromatic rings. The lowest BCUT2D eigenvalue weighted by molar-refractivity contribution is 0.102. The number of rotatable bonds is 3. The minimum Gasteiger partial charge on any atom is -0.322 e. The van der Waals surface area contributed by atoms with E-state index in [1.807, 2.05) is 36.5 Å². The molecule has 1 heterocycles. The highest BCUT2D eigenvalue weighted by Gasteiger charge is 2.06. The number of anilines is 1. The Morgan fingerprint density at radius 3 is 2.57 bits per heavy atom. The van der Waals surface area contributed by atoms with Crippen molar-refractivity contribution in [2.75, 3.05) is 5.32 Å². The first kappa shape index (κ1) is 13.4. The van der Waals surface area contributed by atoms with Gasteiger partial charge < -0.3 is 5.32 Å². The van der Waals surface area contributed by atoms with Crippen LogP contribution in [0.3, 0.4) is 0 Å². The molecule has 21 heavy (non-hydrogen) atoms. The minimum absolute atomic E-state index is 0.190. The molecular formula is C16H12ClN3O. The van der Waals surface area contributed by atoms with E-state index in [9.17, 15) is 4.79 Å². The van der Waals surface area contributed by atoms with Crippen LogP contribution in [-0.4, -0.2) is 15.7 Å². The molecule has 0 fully saturated rings. The maximum Gasteiger partial charge on any atom is 0.255 e. The summed E-state index contributed by atoms with van der Waals surface area (Å²) in [5.74, 6) is -0.190. The fraction of sp³-hybridized carbons (Fsp3) is 0. The Hall–Kier alpha value is -2.59. The minimum atomic E-state index is -0.190. The van der Waals surface area contributed by atoms with Crippen LogP contribution in [0.1, 0.15) is 10.4 Å². The van der Waals surface area contributed by atoms with Gasteiger partial charge in [0.2, 0.25) is 0 Å². The van der Waals surface area contributed by atoms with Gasteiger partial charge in [0.25, 0.3) is 5.91 Å². The molecule has 2 aromatic carbocycles. The van der Waals surface area contributed by atoms with E-state index >= 15 is 0 Å². The first-order chi connectivity index (χ1) is 10.2. The highest BCUT2D eigenvalue weighted by atomic mass is 35.5. The molecule has 0 bridgehead atoms. The van der Waals surface area contributed by atoms with Gasteiger partial charge in [-0.25, -0.2) is 4.68 Å². The molecule has 0 saturated heterocycles. The first-order valence-electron chi connectivity index (χ1n) is 6.39. The molecule has 0 aliphatic heterocycles. The number of benzene rings is 2. The van der Waals surface area contributed by atoms with E-state index in [0.29, 0.717) is 10.6 Å². The van der Waals surface area contributed by atoms with Crippen LogP contribution in [0.5, 0.6) is 0 Å². The number of nitrogens with one attached hydrogen (secondary N) is 1. The maximum atomic E-state index is 12.1. The second kappa shape index (κ2) is 5.81. The average Bonchev–Trinajstić information content (AvgIpc) is 3.02. The molecular weight excluding hydrogens is 286 g/mol. The number of aromatic nitrogens is 2. The van der Waals surface area contributed by atoms with E-state index < -0.39 is 0 Å². The maximum absolute atomic E-state index is 12.1. The Balaban J connectivity index is 1.75. The van der Waals surface area contributed by atoms with Crippen molar-refractivity contribution in [1.29, 1.82) is 0 Å². The Morgan fingerprint density at radius 1 is 1.10 bits per heavy atom. The summed E-state index contributed by atoms with van der Waals surface area (Å²) in [4.78, 5) is 12.1. The molecule has 0 spiro atoms. The number of carbonyl (C=O) groups is 1. The zero-order valence-electron chi connectivity index (χ0n) is 11.0. The number of nitrogens with zero attached hydrogens (tertiary/aromatic N) is 2. The van der Waals surface area contributed by atoms with E-state index in [2.05, 4.69) is 10.4 Å². The number of carbonyl (C=O) groups excluding carboxylic acids is 1. The molecule has 3 rings (SSSR count). The van der Waals surface area contributed by atoms with Crippen molar-refractivity contribution >= 4 is 23.2 Å². The van der Waals surface area contributed by atoms with Crippen molar-refractivity contribution in [3.8, 4) is 5.69 Å². The number of hydrogen-bond acceptors (Lipinski definition) is 2. The Morgan fingerprint density at radius 2 is 1.90 bits per heavy atom. The Kier molecular flexibility index (Phi) is 3.71. The van der Waals surface area contributed by atoms with Crippen molar-refractivity contribution in [1.82, 2.24) is 9.78 Å². The van der Waals surface area contributed by atoms with Crippen LogP contribution in [-0.2, 0) is 0 Å². The number of hydrogen-bond donors (Lipinski definition) is 1. The van der Waals surface area contributed by atoms with Crippen molar-refractivity contribution in [2.24, 2.45) is 0 Å². The molecule has 1 aromatic heterocycles. The third-order valence-corrected chi connectivity index (χ3v) is 3.22. The summed E-state index contributed by atoms with van der Waals surface area (Å²) in [6.07, 6.45) is 3.58. The van der Waals surface area contributed by atoms with Crippen LogP contribution in [0.4, 0.5) is 5.69 Å². The van der Waals surface area contributed by atoms with Crippen molar-refractivity contribution in [3.05, 3.63) is 77.6 Å². The quantitative estimate of drug-likeness (QED) is 0.800. The zero-order valence-corrected chi connectivity index (χ0v) is 11.8. The van der Waals surface area contributed by atoms with Crippen molar-refractivity contribution in [3.63, 3.8) is 0 Å². The van der Waals surface area contributed by atoms with Crippen molar-refractivity contribution in [2.45, 2.75) is 0 Å². The summed E-state index contributed by atoms with van der Waals surface area (Å²) < 4.78 is 1.75. The molecule has 0 atom stereocenters. The lowest BCUT2D eigenvalue weighted by Crippen LogP contribution is -2.11. The third-order valence-electron chi connectivity index (χ3n) is 2.98. The molecule has 5 heteroatoms. The van der Waals surface area contributed by atoms with Crippen LogP contribution in [0.15, 0.2) is 67.0 Å². The largest absolute Gasteiger partial charge is 0.322 e. The summed E-state index contributed by atoms with van der Waals surface area (Å²) in [5.41, 5.74) is 2.18. The van der Waals surface area contributed by atoms with Crippen LogP contribution in [0, 0.1) is 0 Å². The predicted octanol–water partition coefficient (Wildman–Crippen LogP) is 3.78. The van der Waals surface area contributed by atoms with E-state index in [-0.39, 0.29) is 5.91 Å². The molecule has 0 unspecified atom stereocenters. The smallest absolute Gasteiger partial charge is 0.255 e. The van der Waals surface area contributed by atoms with Gasteiger partial charge in [0.15, 0.2) is 0 Å². The summed E-state index contributed by atoms with van der Waals surface area (Å²) in [6.45, 7) is 0. The third kappa shape index (κ3) is 3.12. The van der Waals surface area contributed by atoms with Crippen LogP contribution >= 0.6 is 11.6 Å². The van der Waals surface area contributed by atoms with Crippen LogP contribution < -0.4 is 5.32 Å². The van der Waals surface area contributed by atoms with Gasteiger partial charge in [0.05, 0.1) is 5.69 Å². The van der Waals surface area contributed by atoms with Gasteiger partial charge in [-0.3, -0.25) is 4.79 Å². The van der Waals surface area contributed by atoms with Crippen molar-refractivity contribution < 1.29 is 4.79 Å². The molecule has 104 valence electrons. The van der Waals surface area contributed by atoms with Gasteiger partial charge in [-0.15, -0.1) is 0 Å². The average molecular weight is 298 g/mol. The normalized spacial score (nSPS) is 10.3. The fourth-order valence-electron chi connectivity index (χ4n) is 1.95. The molecule has 1 N–H and O–H groups in total. The second-order valence-electron chi connectivity index (χ2n) is 4.46. The zero-order chi connectivity index (χ0) is 14.7. The van der Waals surface area contributed by atoms with E-state index in [4.69, 9.17) is 11.6 Å². The van der Waals surface area contributed by atoms with Gasteiger partial charge in [0.1, 0.15) is 0 Å². The topological polar surface area (TPSA) is 46.9 Å². The lowest BCUT2D eigenvalue weighted by atomic mass is 10.2. The summed E-state index contributed by atoms with van der Waals surface area (Å²) in [7, 11) is 0. The van der Waals surface area contributed by atoms with Gasteiger partial charge in [-0.2, -0.15) is 5.10 Å². The number of halogens is 1. The van der Waals surface area contributed by atoms with Gasteiger partial charge in [0, 0.05) is 28.7 Å². The first-order valence-corrected chi connectivity index (χ1v) is 6.77. The number of amides is 1. The Bertz CT molecular complexity index is 751. The van der Waals surface area contributed by atoms with Crippen LogP contribution in [0.2, 0.25) is 5.02 Å². The van der Waals surface area contributed by atoms with Gasteiger partial charge in [-0.1, -0.05) is 17.7 Å². The van der Waals surface area contributed by atoms with Gasteiger partial charge in [-0.05, 0) is 48.5 Å². The summed E-state index contributed by atoms with van der Waals surface area (Å²) in [6, 6.07) is 16.1. The molecule has 0 aliphatic rings. The summed E-state index contributed by atoms with van der Waals surface area (Å²) >= 11 is 5.88. The van der Waals surface area contributed by atoms with Gasteiger partial charge >= 0.3 is 0 Å². The highest BCUT2D eigenvalue weighted by molar-refractivity contribution is 6.31. The SMILES string of the molecule is O=C(Nc1ccc(-n2cccn2)cc1)c1cccc(Cl)c1. The molecule has 1 amide bonds. The van der Waals surface area contributed by atoms with E-state index in [1.54, 1.807) is 35.1 Å². The summed E-state index contributed by atoms with van der Waals surface area (Å²) in [5, 5.41) is 7.52. The van der Waals surface area contributed by atoms with Crippen LogP contribution in [0.25, 0.3) is 5.69 Å². The molecule has 0 saturated carbocycles. The lowest BCUT2D eigenvalue weighted by Gasteiger charge is -2.07. The predicted molar refractivity (Wildman–Crippen MR) is 83.0 cm³/mol. The highest BCUT2D eigenvalue weighted by Crippen LogP contribution is 2.15. The molecule has 0 aliphatic carbocycles. The fourth-order valence-corrected chi connectivity index (χ4v) is 2.14. The second-order valence-corrected chi connectivity index (χ2v) is 4.90. The standard InChI is InChI=1S/C16H12ClN3O/c17-13-4-1-3-12(11-13)16(21)19-14-5-7-15(8-6-14)20-10-2-9-18-20/h1-11H,(H,19,21).